The average molecular weight is 467 g/mol. The Labute approximate surface area is 193 Å². The first kappa shape index (κ1) is 21.8. The molecule has 1 aliphatic heterocycles. The summed E-state index contributed by atoms with van der Waals surface area (Å²) in [4.78, 5) is 13.6. The fourth-order valence-electron chi connectivity index (χ4n) is 3.78. The van der Waals surface area contributed by atoms with Gasteiger partial charge in [-0.05, 0) is 26.0 Å². The second-order valence-corrected chi connectivity index (χ2v) is 7.84. The van der Waals surface area contributed by atoms with Crippen LogP contribution in [0.15, 0.2) is 30.3 Å². The van der Waals surface area contributed by atoms with Crippen LogP contribution in [0.5, 0.6) is 11.8 Å². The number of ether oxygens (including phenoxy) is 2. The van der Waals surface area contributed by atoms with Crippen molar-refractivity contribution in [2.24, 2.45) is 0 Å². The molecule has 3 N–H and O–H groups in total. The van der Waals surface area contributed by atoms with Crippen molar-refractivity contribution in [2.45, 2.75) is 13.8 Å². The zero-order valence-corrected chi connectivity index (χ0v) is 18.7. The van der Waals surface area contributed by atoms with Gasteiger partial charge in [-0.25, -0.2) is 8.78 Å². The van der Waals surface area contributed by atoms with Crippen molar-refractivity contribution in [2.75, 3.05) is 36.5 Å². The molecule has 34 heavy (non-hydrogen) atoms. The molecule has 0 radical (unpaired) electrons. The molecule has 5 rings (SSSR count). The Kier molecular flexibility index (Phi) is 5.84. The van der Waals surface area contributed by atoms with E-state index in [0.717, 1.165) is 11.8 Å². The van der Waals surface area contributed by atoms with Crippen LogP contribution in [-0.2, 0) is 4.74 Å². The number of aromatic nitrogens is 5. The number of hydrogen-bond donors (Lipinski definition) is 3. The van der Waals surface area contributed by atoms with Crippen molar-refractivity contribution in [3.8, 4) is 11.8 Å². The molecule has 176 valence electrons. The molecule has 0 atom stereocenters. The van der Waals surface area contributed by atoms with E-state index >= 15 is 4.39 Å². The number of rotatable bonds is 6. The lowest BCUT2D eigenvalue weighted by molar-refractivity contribution is 0.122. The molecule has 0 unspecified atom stereocenters. The maximum absolute atomic E-state index is 15.1. The van der Waals surface area contributed by atoms with Crippen LogP contribution in [-0.4, -0.2) is 51.5 Å². The lowest BCUT2D eigenvalue weighted by Gasteiger charge is -2.28. The van der Waals surface area contributed by atoms with E-state index in [1.807, 2.05) is 30.0 Å². The third-order valence-electron chi connectivity index (χ3n) is 5.33. The summed E-state index contributed by atoms with van der Waals surface area (Å²) in [6.07, 6.45) is 3.77. The van der Waals surface area contributed by atoms with Crippen molar-refractivity contribution in [1.29, 1.82) is 0 Å². The summed E-state index contributed by atoms with van der Waals surface area (Å²) < 4.78 is 40.8. The smallest absolute Gasteiger partial charge is 0.326 e. The monoisotopic (exact) mass is 467 g/mol. The van der Waals surface area contributed by atoms with Crippen LogP contribution in [0, 0.1) is 18.6 Å². The summed E-state index contributed by atoms with van der Waals surface area (Å²) in [7, 11) is 0. The van der Waals surface area contributed by atoms with Crippen LogP contribution < -0.4 is 15.0 Å². The summed E-state index contributed by atoms with van der Waals surface area (Å²) in [5, 5.41) is 10.3. The first-order chi connectivity index (χ1) is 16.5. The molecule has 0 amide bonds. The SMILES string of the molecule is C/C=C\c1cc(Nc2cc(N3CCOCC3)nc(Oc3cc(F)c4[nH]c(C)cc4c3F)n2)n[nH]1. The van der Waals surface area contributed by atoms with Crippen molar-refractivity contribution in [1.82, 2.24) is 25.1 Å². The second kappa shape index (κ2) is 9.10. The second-order valence-electron chi connectivity index (χ2n) is 7.84. The van der Waals surface area contributed by atoms with E-state index in [2.05, 4.69) is 30.5 Å². The number of nitrogens with one attached hydrogen (secondary N) is 3. The van der Waals surface area contributed by atoms with Gasteiger partial charge >= 0.3 is 6.01 Å². The molecule has 0 bridgehead atoms. The average Bonchev–Trinajstić information content (AvgIpc) is 3.44. The molecule has 3 aromatic heterocycles. The summed E-state index contributed by atoms with van der Waals surface area (Å²) in [5.41, 5.74) is 1.54. The topological polar surface area (TPSA) is 104 Å². The number of benzene rings is 1. The number of halogens is 2. The fraction of sp³-hybridized carbons (Fsp3) is 0.261. The molecule has 1 aliphatic rings. The van der Waals surface area contributed by atoms with Crippen LogP contribution in [0.1, 0.15) is 18.3 Å². The van der Waals surface area contributed by atoms with Crippen molar-refractivity contribution in [3.63, 3.8) is 0 Å². The van der Waals surface area contributed by atoms with Crippen molar-refractivity contribution < 1.29 is 18.3 Å². The zero-order valence-electron chi connectivity index (χ0n) is 18.7. The molecule has 1 aromatic carbocycles. The van der Waals surface area contributed by atoms with Gasteiger partial charge in [0.05, 0.1) is 24.4 Å². The Bertz CT molecular complexity index is 1360. The first-order valence-corrected chi connectivity index (χ1v) is 10.8. The van der Waals surface area contributed by atoms with Crippen LogP contribution in [0.25, 0.3) is 17.0 Å². The van der Waals surface area contributed by atoms with Crippen LogP contribution >= 0.6 is 0 Å². The van der Waals surface area contributed by atoms with Gasteiger partial charge in [-0.3, -0.25) is 5.10 Å². The molecule has 0 aliphatic carbocycles. The van der Waals surface area contributed by atoms with Gasteiger partial charge in [0.15, 0.2) is 23.2 Å². The minimum absolute atomic E-state index is 0.0863. The van der Waals surface area contributed by atoms with Gasteiger partial charge in [0.1, 0.15) is 11.6 Å². The first-order valence-electron chi connectivity index (χ1n) is 10.8. The number of morpholine rings is 1. The van der Waals surface area contributed by atoms with E-state index in [1.54, 1.807) is 13.0 Å². The standard InChI is InChI=1S/C23H23F2N7O2/c1-3-4-14-10-19(31-30-14)27-18-12-20(32-5-7-33-8-6-32)29-23(28-18)34-17-11-16(24)22-15(21(17)25)9-13(2)26-22/h3-4,9-12,26H,5-8H2,1-2H3,(H2,27,28,29,30,31)/b4-3-. The molecule has 0 saturated carbocycles. The predicted molar refractivity (Wildman–Crippen MR) is 125 cm³/mol. The molecule has 9 nitrogen and oxygen atoms in total. The Morgan fingerprint density at radius 2 is 1.94 bits per heavy atom. The highest BCUT2D eigenvalue weighted by molar-refractivity contribution is 5.83. The largest absolute Gasteiger partial charge is 0.421 e. The number of hydrogen-bond acceptors (Lipinski definition) is 7. The van der Waals surface area contributed by atoms with Crippen LogP contribution in [0.4, 0.5) is 26.2 Å². The highest BCUT2D eigenvalue weighted by Gasteiger charge is 2.20. The van der Waals surface area contributed by atoms with Crippen LogP contribution in [0.3, 0.4) is 0 Å². The molecule has 4 heterocycles. The van der Waals surface area contributed by atoms with Gasteiger partial charge in [-0.15, -0.1) is 0 Å². The van der Waals surface area contributed by atoms with E-state index in [4.69, 9.17) is 9.47 Å². The van der Waals surface area contributed by atoms with Gasteiger partial charge in [0.25, 0.3) is 0 Å². The lowest BCUT2D eigenvalue weighted by atomic mass is 10.2. The predicted octanol–water partition coefficient (Wildman–Crippen LogP) is 4.67. The van der Waals surface area contributed by atoms with Gasteiger partial charge in [-0.1, -0.05) is 6.08 Å². The fourth-order valence-corrected chi connectivity index (χ4v) is 3.78. The number of anilines is 3. The van der Waals surface area contributed by atoms with Crippen molar-refractivity contribution >= 4 is 34.4 Å². The Morgan fingerprint density at radius 1 is 1.12 bits per heavy atom. The highest BCUT2D eigenvalue weighted by Crippen LogP contribution is 2.33. The number of aryl methyl sites for hydroxylation is 1. The third kappa shape index (κ3) is 4.42. The van der Waals surface area contributed by atoms with Gasteiger partial charge in [0.2, 0.25) is 0 Å². The maximum atomic E-state index is 15.1. The Morgan fingerprint density at radius 3 is 2.74 bits per heavy atom. The Balaban J connectivity index is 1.51. The maximum Gasteiger partial charge on any atom is 0.326 e. The van der Waals surface area contributed by atoms with E-state index < -0.39 is 11.6 Å². The number of allylic oxidation sites excluding steroid dienone is 1. The lowest BCUT2D eigenvalue weighted by Crippen LogP contribution is -2.36. The summed E-state index contributed by atoms with van der Waals surface area (Å²) in [6, 6.07) is 5.95. The molecule has 1 saturated heterocycles. The molecule has 0 spiro atoms. The molecule has 4 aromatic rings. The number of aromatic amines is 2. The van der Waals surface area contributed by atoms with Gasteiger partial charge < -0.3 is 24.7 Å². The van der Waals surface area contributed by atoms with Gasteiger partial charge in [0, 0.05) is 42.4 Å². The van der Waals surface area contributed by atoms with E-state index in [0.29, 0.717) is 49.5 Å². The minimum atomic E-state index is -0.695. The zero-order chi connectivity index (χ0) is 23.7. The van der Waals surface area contributed by atoms with E-state index in [9.17, 15) is 4.39 Å². The third-order valence-corrected chi connectivity index (χ3v) is 5.33. The number of nitrogens with zero attached hydrogens (tertiary/aromatic N) is 4. The van der Waals surface area contributed by atoms with Gasteiger partial charge in [-0.2, -0.15) is 15.1 Å². The number of H-pyrrole nitrogens is 2. The summed E-state index contributed by atoms with van der Waals surface area (Å²) in [5.74, 6) is -0.130. The molecular weight excluding hydrogens is 444 g/mol. The molecule has 11 heteroatoms. The molecular formula is C23H23F2N7O2. The Hall–Kier alpha value is -3.99. The highest BCUT2D eigenvalue weighted by atomic mass is 19.1. The molecule has 1 fully saturated rings. The summed E-state index contributed by atoms with van der Waals surface area (Å²) in [6.45, 7) is 5.99. The normalized spacial score (nSPS) is 14.3. The van der Waals surface area contributed by atoms with Crippen LogP contribution in [0.2, 0.25) is 0 Å². The van der Waals surface area contributed by atoms with E-state index in [-0.39, 0.29) is 22.7 Å². The number of fused-ring (bicyclic) bond motifs is 1. The quantitative estimate of drug-likeness (QED) is 0.378. The van der Waals surface area contributed by atoms with E-state index in [1.165, 1.54) is 6.07 Å². The summed E-state index contributed by atoms with van der Waals surface area (Å²) >= 11 is 0. The van der Waals surface area contributed by atoms with Crippen molar-refractivity contribution in [3.05, 3.63) is 53.4 Å². The minimum Gasteiger partial charge on any atom is -0.421 e.